The van der Waals surface area contributed by atoms with E-state index in [4.69, 9.17) is 0 Å². The van der Waals surface area contributed by atoms with Crippen molar-refractivity contribution in [2.24, 2.45) is 21.7 Å². The molecule has 1 nitrogen and oxygen atoms in total. The van der Waals surface area contributed by atoms with Crippen LogP contribution in [0.5, 0.6) is 0 Å². The van der Waals surface area contributed by atoms with Gasteiger partial charge in [-0.1, -0.05) is 26.9 Å². The van der Waals surface area contributed by atoms with Gasteiger partial charge in [-0.25, -0.2) is 0 Å². The molecule has 100 valence electrons. The van der Waals surface area contributed by atoms with Gasteiger partial charge in [0.25, 0.3) is 0 Å². The number of hydrogen-bond donors (Lipinski definition) is 1. The van der Waals surface area contributed by atoms with Gasteiger partial charge >= 0.3 is 0 Å². The van der Waals surface area contributed by atoms with Crippen LogP contribution in [0.1, 0.15) is 66.2 Å². The first kappa shape index (κ1) is 13.4. The second kappa shape index (κ2) is 3.29. The molecule has 4 aliphatic carbocycles. The summed E-state index contributed by atoms with van der Waals surface area (Å²) in [6, 6.07) is 0. The third-order valence-electron chi connectivity index (χ3n) is 5.84. The molecule has 0 aromatic heterocycles. The van der Waals surface area contributed by atoms with Crippen LogP contribution in [0, 0.1) is 28.1 Å². The smallest absolute Gasteiger partial charge is 0 e. The summed E-state index contributed by atoms with van der Waals surface area (Å²) in [6.45, 7) is 9.44. The average Bonchev–Trinajstić information content (AvgIpc) is 2.08. The second-order valence-electron chi connectivity index (χ2n) is 8.63. The fourth-order valence-electron chi connectivity index (χ4n) is 7.06. The van der Waals surface area contributed by atoms with Crippen LogP contribution in [0.4, 0.5) is 0 Å². The summed E-state index contributed by atoms with van der Waals surface area (Å²) in [5, 5.41) is 10.5. The zero-order chi connectivity index (χ0) is 12.5. The molecule has 0 aromatic carbocycles. The SMILES string of the molecule is C[CH-]C(O)C12CC3(C)CC(C)(CC(C)(C3)C1)C2.[Rf]. The Hall–Kier alpha value is -1.04. The van der Waals surface area contributed by atoms with Gasteiger partial charge in [0.1, 0.15) is 0 Å². The van der Waals surface area contributed by atoms with Gasteiger partial charge < -0.3 is 11.5 Å². The predicted octanol–water partition coefficient (Wildman–Crippen LogP) is 3.96. The van der Waals surface area contributed by atoms with E-state index in [1.54, 1.807) is 0 Å². The van der Waals surface area contributed by atoms with Crippen LogP contribution >= 0.6 is 0 Å². The van der Waals surface area contributed by atoms with Gasteiger partial charge in [-0.2, -0.15) is 6.92 Å². The summed E-state index contributed by atoms with van der Waals surface area (Å²) in [7, 11) is 0. The van der Waals surface area contributed by atoms with E-state index in [1.807, 2.05) is 13.3 Å². The Balaban J connectivity index is 0.00000120. The van der Waals surface area contributed by atoms with E-state index in [9.17, 15) is 5.11 Å². The van der Waals surface area contributed by atoms with Crippen LogP contribution in [0.3, 0.4) is 0 Å². The molecule has 4 rings (SSSR count). The van der Waals surface area contributed by atoms with Gasteiger partial charge in [0.05, 0.1) is 0 Å². The van der Waals surface area contributed by atoms with Gasteiger partial charge in [-0.15, -0.1) is 0 Å². The van der Waals surface area contributed by atoms with Crippen LogP contribution in [-0.4, -0.2) is 11.2 Å². The molecule has 1 atom stereocenters. The quantitative estimate of drug-likeness (QED) is 0.568. The van der Waals surface area contributed by atoms with Crippen molar-refractivity contribution in [1.82, 2.24) is 0 Å². The molecule has 0 aliphatic heterocycles. The Labute approximate surface area is 106 Å². The minimum atomic E-state index is -0.193. The number of hydrogen-bond acceptors (Lipinski definition) is 1. The van der Waals surface area contributed by atoms with Crippen LogP contribution in [-0.2, 0) is 0 Å². The molecule has 4 fully saturated rings. The summed E-state index contributed by atoms with van der Waals surface area (Å²) in [6.07, 6.45) is 9.73. The molecule has 0 aromatic rings. The third kappa shape index (κ3) is 1.58. The average molecular weight is 502 g/mol. The molecule has 2 heteroatoms. The Kier molecular flexibility index (Phi) is 2.45. The van der Waals surface area contributed by atoms with Crippen molar-refractivity contribution < 1.29 is 5.11 Å². The third-order valence-corrected chi connectivity index (χ3v) is 5.84. The van der Waals surface area contributed by atoms with E-state index in [2.05, 4.69) is 20.8 Å². The van der Waals surface area contributed by atoms with Crippen molar-refractivity contribution in [2.75, 3.05) is 0 Å². The Morgan fingerprint density at radius 3 is 1.44 bits per heavy atom. The van der Waals surface area contributed by atoms with Gasteiger partial charge in [-0.05, 0) is 60.2 Å². The van der Waals surface area contributed by atoms with E-state index in [-0.39, 0.29) is 11.5 Å². The van der Waals surface area contributed by atoms with Crippen molar-refractivity contribution in [3.8, 4) is 0 Å². The van der Waals surface area contributed by atoms with E-state index < -0.39 is 0 Å². The summed E-state index contributed by atoms with van der Waals surface area (Å²) in [5.41, 5.74) is 1.66. The zero-order valence-electron chi connectivity index (χ0n) is 12.6. The summed E-state index contributed by atoms with van der Waals surface area (Å²) in [5.74, 6) is 0. The minimum Gasteiger partial charge on any atom is -0.424 e. The molecule has 0 spiro atoms. The van der Waals surface area contributed by atoms with Crippen molar-refractivity contribution in [3.63, 3.8) is 0 Å². The first-order chi connectivity index (χ1) is 7.72. The first-order valence-corrected chi connectivity index (χ1v) is 7.20. The molecule has 4 aliphatic rings. The van der Waals surface area contributed by atoms with Gasteiger partial charge in [-0.3, -0.25) is 0 Å². The molecule has 18 heavy (non-hydrogen) atoms. The van der Waals surface area contributed by atoms with Gasteiger partial charge in [0, 0.05) is 0 Å². The van der Waals surface area contributed by atoms with Crippen molar-refractivity contribution in [2.45, 2.75) is 72.3 Å². The maximum absolute atomic E-state index is 10.5. The molecular formula is C16H27ORf-. The Morgan fingerprint density at radius 1 is 0.833 bits per heavy atom. The molecule has 0 saturated heterocycles. The fourth-order valence-corrected chi connectivity index (χ4v) is 7.06. The molecule has 0 radical (unpaired) electrons. The Morgan fingerprint density at radius 2 is 1.17 bits per heavy atom. The zero-order valence-corrected chi connectivity index (χ0v) is 19.0. The molecule has 4 saturated carbocycles. The normalized spacial score (nSPS) is 55.2. The van der Waals surface area contributed by atoms with E-state index >= 15 is 0 Å². The van der Waals surface area contributed by atoms with Crippen LogP contribution < -0.4 is 0 Å². The number of aliphatic hydroxyl groups is 1. The Bertz CT molecular complexity index is 297. The molecule has 0 heterocycles. The largest absolute Gasteiger partial charge is 0.424 e. The molecule has 1 N–H and O–H groups in total. The fraction of sp³-hybridized carbons (Fsp3) is 0.938. The topological polar surface area (TPSA) is 20.2 Å². The van der Waals surface area contributed by atoms with Gasteiger partial charge in [0.2, 0.25) is 0 Å². The van der Waals surface area contributed by atoms with Crippen molar-refractivity contribution >= 4 is 0 Å². The molecule has 4 bridgehead atoms. The molecule has 1 unspecified atom stereocenters. The maximum atomic E-state index is 10.5. The van der Waals surface area contributed by atoms with Crippen molar-refractivity contribution in [1.29, 1.82) is 0 Å². The first-order valence-electron chi connectivity index (χ1n) is 7.20. The van der Waals surface area contributed by atoms with E-state index in [1.165, 1.54) is 38.5 Å². The second-order valence-corrected chi connectivity index (χ2v) is 8.63. The van der Waals surface area contributed by atoms with Crippen LogP contribution in [0.2, 0.25) is 0 Å². The number of aliphatic hydroxyl groups excluding tert-OH is 1. The van der Waals surface area contributed by atoms with Crippen LogP contribution in [0.15, 0.2) is 0 Å². The van der Waals surface area contributed by atoms with Crippen molar-refractivity contribution in [3.05, 3.63) is 6.42 Å². The summed E-state index contributed by atoms with van der Waals surface area (Å²) >= 11 is 0. The summed E-state index contributed by atoms with van der Waals surface area (Å²) < 4.78 is 0. The summed E-state index contributed by atoms with van der Waals surface area (Å²) in [4.78, 5) is 0. The van der Waals surface area contributed by atoms with Gasteiger partial charge in [0.15, 0.2) is 0 Å². The minimum absolute atomic E-state index is 0. The van der Waals surface area contributed by atoms with E-state index in [0.29, 0.717) is 16.2 Å². The van der Waals surface area contributed by atoms with Crippen LogP contribution in [0.25, 0.3) is 0 Å². The standard InChI is InChI=1S/C16H27O.Rf/c1-5-12(17)16-9-13(2)6-14(3,10-16)8-15(4,7-13)11-16;/h5,12,17H,6-11H2,1-4H3;/q-1;. The molecule has 0 amide bonds. The maximum Gasteiger partial charge on any atom is 0 e. The molecular weight excluding hydrogens is 475 g/mol. The monoisotopic (exact) mass is 502 g/mol. The number of rotatable bonds is 2. The predicted molar refractivity (Wildman–Crippen MR) is 70.4 cm³/mol. The van der Waals surface area contributed by atoms with E-state index in [0.717, 1.165) is 0 Å².